The van der Waals surface area contributed by atoms with Gasteiger partial charge in [0.25, 0.3) is 5.91 Å². The maximum atomic E-state index is 13.8. The van der Waals surface area contributed by atoms with Crippen LogP contribution in [0.2, 0.25) is 0 Å². The minimum absolute atomic E-state index is 0.0698. The smallest absolute Gasteiger partial charge is 0.269 e. The Hall–Kier alpha value is -3.67. The summed E-state index contributed by atoms with van der Waals surface area (Å²) in [7, 11) is 1.99. The van der Waals surface area contributed by atoms with Crippen LogP contribution in [0.25, 0.3) is 0 Å². The number of aliphatic imine (C=N–C) groups is 1. The highest BCUT2D eigenvalue weighted by atomic mass is 32.2. The molecule has 8 heteroatoms. The Morgan fingerprint density at radius 3 is 2.50 bits per heavy atom. The number of para-hydroxylation sites is 1. The standard InChI is InChI=1S/C28H25N5OS2/c1-18(2)30-21-14-13-20(16-29)15-22(21)31-28-33(17-19-9-5-4-6-10-19)26(34)25(36-28)27-32(3)23-11-7-8-12-24(23)35-27/h4-15,18,30H,17H2,1-3H3/b27-25-,31-28?. The minimum Gasteiger partial charge on any atom is -0.381 e. The summed E-state index contributed by atoms with van der Waals surface area (Å²) in [6.07, 6.45) is 0. The van der Waals surface area contributed by atoms with Crippen LogP contribution in [0.15, 0.2) is 92.6 Å². The largest absolute Gasteiger partial charge is 0.381 e. The van der Waals surface area contributed by atoms with Gasteiger partial charge in [0.05, 0.1) is 40.3 Å². The van der Waals surface area contributed by atoms with Gasteiger partial charge < -0.3 is 10.2 Å². The number of rotatable bonds is 5. The van der Waals surface area contributed by atoms with E-state index in [-0.39, 0.29) is 11.9 Å². The minimum atomic E-state index is -0.0698. The van der Waals surface area contributed by atoms with Crippen molar-refractivity contribution in [2.75, 3.05) is 17.3 Å². The van der Waals surface area contributed by atoms with Crippen molar-refractivity contribution in [1.82, 2.24) is 4.90 Å². The molecule has 1 fully saturated rings. The third kappa shape index (κ3) is 4.72. The molecule has 36 heavy (non-hydrogen) atoms. The van der Waals surface area contributed by atoms with Crippen LogP contribution in [0.5, 0.6) is 0 Å². The molecule has 2 aliphatic rings. The first-order chi connectivity index (χ1) is 17.4. The molecular formula is C28H25N5OS2. The monoisotopic (exact) mass is 511 g/mol. The van der Waals surface area contributed by atoms with Gasteiger partial charge in [-0.2, -0.15) is 5.26 Å². The van der Waals surface area contributed by atoms with Crippen molar-refractivity contribution in [3.8, 4) is 6.07 Å². The van der Waals surface area contributed by atoms with Gasteiger partial charge in [-0.1, -0.05) is 54.2 Å². The van der Waals surface area contributed by atoms with Crippen LogP contribution < -0.4 is 10.2 Å². The van der Waals surface area contributed by atoms with Crippen molar-refractivity contribution >= 4 is 51.7 Å². The van der Waals surface area contributed by atoms with E-state index in [0.29, 0.717) is 27.9 Å². The second-order valence-corrected chi connectivity index (χ2v) is 10.8. The van der Waals surface area contributed by atoms with Gasteiger partial charge in [-0.3, -0.25) is 9.69 Å². The Balaban J connectivity index is 1.60. The lowest BCUT2D eigenvalue weighted by Gasteiger charge is -2.18. The van der Waals surface area contributed by atoms with Gasteiger partial charge in [0.15, 0.2) is 5.17 Å². The molecule has 0 aliphatic carbocycles. The SMILES string of the molecule is CC(C)Nc1ccc(C#N)cc1N=C1S/C(=C2\Sc3ccccc3N2C)C(=O)N1Cc1ccccc1. The molecule has 2 heterocycles. The normalized spacial score (nSPS) is 18.2. The number of hydrogen-bond donors (Lipinski definition) is 1. The molecule has 3 aromatic rings. The van der Waals surface area contributed by atoms with E-state index in [1.807, 2.05) is 55.6 Å². The lowest BCUT2D eigenvalue weighted by atomic mass is 10.1. The lowest BCUT2D eigenvalue weighted by molar-refractivity contribution is -0.122. The number of hydrogen-bond acceptors (Lipinski definition) is 7. The Bertz CT molecular complexity index is 1430. The number of nitrogens with zero attached hydrogens (tertiary/aromatic N) is 4. The van der Waals surface area contributed by atoms with E-state index >= 15 is 0 Å². The molecule has 180 valence electrons. The first-order valence-corrected chi connectivity index (χ1v) is 13.3. The number of nitrogens with one attached hydrogen (secondary N) is 1. The molecule has 0 bridgehead atoms. The highest BCUT2D eigenvalue weighted by Gasteiger charge is 2.39. The fourth-order valence-electron chi connectivity index (χ4n) is 4.05. The summed E-state index contributed by atoms with van der Waals surface area (Å²) in [4.78, 5) is 24.4. The van der Waals surface area contributed by atoms with Crippen molar-refractivity contribution in [3.05, 3.63) is 93.9 Å². The molecule has 3 aromatic carbocycles. The summed E-state index contributed by atoms with van der Waals surface area (Å²) in [5.74, 6) is -0.0698. The third-order valence-corrected chi connectivity index (χ3v) is 8.20. The molecule has 1 saturated heterocycles. The molecule has 0 radical (unpaired) electrons. The third-order valence-electron chi connectivity index (χ3n) is 5.77. The van der Waals surface area contributed by atoms with E-state index in [9.17, 15) is 10.1 Å². The highest BCUT2D eigenvalue weighted by molar-refractivity contribution is 8.19. The molecule has 0 atom stereocenters. The van der Waals surface area contributed by atoms with E-state index in [2.05, 4.69) is 42.3 Å². The summed E-state index contributed by atoms with van der Waals surface area (Å²) in [5.41, 5.74) is 4.09. The summed E-state index contributed by atoms with van der Waals surface area (Å²) < 4.78 is 0. The fourth-order valence-corrected chi connectivity index (χ4v) is 6.39. The molecule has 1 N–H and O–H groups in total. The van der Waals surface area contributed by atoms with Crippen LogP contribution in [0.1, 0.15) is 25.0 Å². The number of fused-ring (bicyclic) bond motifs is 1. The summed E-state index contributed by atoms with van der Waals surface area (Å²) >= 11 is 2.99. The zero-order chi connectivity index (χ0) is 25.2. The number of carbonyl (C=O) groups is 1. The maximum absolute atomic E-state index is 13.8. The molecule has 0 aromatic heterocycles. The topological polar surface area (TPSA) is 71.7 Å². The van der Waals surface area contributed by atoms with Gasteiger partial charge in [-0.25, -0.2) is 4.99 Å². The predicted octanol–water partition coefficient (Wildman–Crippen LogP) is 6.55. The van der Waals surface area contributed by atoms with Crippen molar-refractivity contribution in [2.24, 2.45) is 4.99 Å². The molecule has 2 aliphatic heterocycles. The number of anilines is 2. The predicted molar refractivity (Wildman–Crippen MR) is 149 cm³/mol. The number of amidine groups is 1. The van der Waals surface area contributed by atoms with E-state index in [0.717, 1.165) is 26.9 Å². The Morgan fingerprint density at radius 1 is 1.03 bits per heavy atom. The van der Waals surface area contributed by atoms with E-state index < -0.39 is 0 Å². The molecule has 0 saturated carbocycles. The second-order valence-electron chi connectivity index (χ2n) is 8.78. The zero-order valence-corrected chi connectivity index (χ0v) is 21.9. The highest BCUT2D eigenvalue weighted by Crippen LogP contribution is 2.50. The Morgan fingerprint density at radius 2 is 1.78 bits per heavy atom. The van der Waals surface area contributed by atoms with Crippen molar-refractivity contribution < 1.29 is 4.79 Å². The Kier molecular flexibility index (Phi) is 6.77. The van der Waals surface area contributed by atoms with Crippen molar-refractivity contribution in [3.63, 3.8) is 0 Å². The van der Waals surface area contributed by atoms with Gasteiger partial charge in [-0.15, -0.1) is 0 Å². The lowest BCUT2D eigenvalue weighted by Crippen LogP contribution is -2.29. The van der Waals surface area contributed by atoms with Crippen molar-refractivity contribution in [2.45, 2.75) is 31.3 Å². The maximum Gasteiger partial charge on any atom is 0.269 e. The molecule has 0 unspecified atom stereocenters. The average Bonchev–Trinajstić information content (AvgIpc) is 3.37. The second kappa shape index (κ2) is 10.1. The molecule has 6 nitrogen and oxygen atoms in total. The number of amides is 1. The average molecular weight is 512 g/mol. The van der Waals surface area contributed by atoms with E-state index in [1.165, 1.54) is 11.8 Å². The fraction of sp³-hybridized carbons (Fsp3) is 0.179. The molecule has 0 spiro atoms. The first-order valence-electron chi connectivity index (χ1n) is 11.6. The number of thioether (sulfide) groups is 2. The zero-order valence-electron chi connectivity index (χ0n) is 20.2. The van der Waals surface area contributed by atoms with Crippen LogP contribution in [0.4, 0.5) is 17.1 Å². The van der Waals surface area contributed by atoms with Gasteiger partial charge in [-0.05, 0) is 61.5 Å². The van der Waals surface area contributed by atoms with E-state index in [4.69, 9.17) is 4.99 Å². The quantitative estimate of drug-likeness (QED) is 0.392. The Labute approximate surface area is 219 Å². The van der Waals surface area contributed by atoms with Crippen LogP contribution in [-0.2, 0) is 11.3 Å². The molecular weight excluding hydrogens is 486 g/mol. The molecule has 5 rings (SSSR count). The van der Waals surface area contributed by atoms with Gasteiger partial charge in [0.2, 0.25) is 0 Å². The summed E-state index contributed by atoms with van der Waals surface area (Å²) in [6.45, 7) is 4.52. The molecule has 1 amide bonds. The number of carbonyl (C=O) groups excluding carboxylic acids is 1. The van der Waals surface area contributed by atoms with Gasteiger partial charge in [0.1, 0.15) is 4.91 Å². The van der Waals surface area contributed by atoms with Gasteiger partial charge >= 0.3 is 0 Å². The summed E-state index contributed by atoms with van der Waals surface area (Å²) in [6, 6.07) is 25.9. The van der Waals surface area contributed by atoms with E-state index in [1.54, 1.807) is 28.8 Å². The first kappa shape index (κ1) is 24.0. The van der Waals surface area contributed by atoms with Gasteiger partial charge in [0, 0.05) is 18.0 Å². The number of nitriles is 1. The van der Waals surface area contributed by atoms with Crippen LogP contribution in [-0.4, -0.2) is 29.1 Å². The number of benzene rings is 3. The van der Waals surface area contributed by atoms with Crippen LogP contribution >= 0.6 is 23.5 Å². The van der Waals surface area contributed by atoms with Crippen LogP contribution in [0, 0.1) is 11.3 Å². The summed E-state index contributed by atoms with van der Waals surface area (Å²) in [5, 5.41) is 14.4. The van der Waals surface area contributed by atoms with Crippen molar-refractivity contribution in [1.29, 1.82) is 5.26 Å². The van der Waals surface area contributed by atoms with Crippen LogP contribution in [0.3, 0.4) is 0 Å².